The molecule has 0 bridgehead atoms. The molecule has 1 heterocycles. The number of hydrogen-bond acceptors (Lipinski definition) is 6. The summed E-state index contributed by atoms with van der Waals surface area (Å²) in [6, 6.07) is 4.06. The molecule has 1 aromatic rings. The van der Waals surface area contributed by atoms with Crippen LogP contribution in [0.4, 0.5) is 11.4 Å². The third kappa shape index (κ3) is 3.95. The Kier molecular flexibility index (Phi) is 5.12. The van der Waals surface area contributed by atoms with Gasteiger partial charge in [-0.15, -0.1) is 0 Å². The summed E-state index contributed by atoms with van der Waals surface area (Å²) < 4.78 is 0. The monoisotopic (exact) mass is 321 g/mol. The second-order valence-electron chi connectivity index (χ2n) is 5.27. The summed E-state index contributed by atoms with van der Waals surface area (Å²) in [4.78, 5) is 37.6. The fraction of sp³-hybridized carbons (Fsp3) is 0.429. The van der Waals surface area contributed by atoms with E-state index in [1.807, 2.05) is 4.90 Å². The summed E-state index contributed by atoms with van der Waals surface area (Å²) in [5.74, 6) is -0.341. The van der Waals surface area contributed by atoms with E-state index < -0.39 is 4.92 Å². The number of carbonyl (C=O) groups excluding carboxylic acids is 2. The molecule has 1 saturated heterocycles. The number of nitrogens with zero attached hydrogens (tertiary/aromatic N) is 3. The van der Waals surface area contributed by atoms with Gasteiger partial charge in [0, 0.05) is 44.9 Å². The standard InChI is InChI=1S/C14H19N5O4/c1-16-13(20)9-17-4-6-18(7-5-17)14(21)10-2-3-11(15)12(8-10)19(22)23/h2-3,8H,4-7,9,15H2,1H3,(H,16,20). The molecule has 2 amide bonds. The maximum Gasteiger partial charge on any atom is 0.292 e. The number of carbonyl (C=O) groups is 2. The van der Waals surface area contributed by atoms with Crippen LogP contribution < -0.4 is 11.1 Å². The number of nitrogens with two attached hydrogens (primary N) is 1. The second kappa shape index (κ2) is 7.05. The van der Waals surface area contributed by atoms with Crippen molar-refractivity contribution in [2.45, 2.75) is 0 Å². The van der Waals surface area contributed by atoms with Crippen LogP contribution in [0.25, 0.3) is 0 Å². The van der Waals surface area contributed by atoms with E-state index in [9.17, 15) is 19.7 Å². The Morgan fingerprint density at radius 3 is 2.52 bits per heavy atom. The number of likely N-dealkylation sites (N-methyl/N-ethyl adjacent to an activating group) is 1. The third-order valence-corrected chi connectivity index (χ3v) is 3.78. The fourth-order valence-electron chi connectivity index (χ4n) is 2.41. The first-order chi connectivity index (χ1) is 10.9. The molecule has 124 valence electrons. The van der Waals surface area contributed by atoms with Crippen LogP contribution in [0.15, 0.2) is 18.2 Å². The van der Waals surface area contributed by atoms with Crippen molar-refractivity contribution in [1.29, 1.82) is 0 Å². The zero-order valence-electron chi connectivity index (χ0n) is 12.8. The minimum atomic E-state index is -0.604. The molecule has 9 heteroatoms. The molecule has 1 aliphatic rings. The van der Waals surface area contributed by atoms with Gasteiger partial charge in [0.25, 0.3) is 11.6 Å². The Hall–Kier alpha value is -2.68. The summed E-state index contributed by atoms with van der Waals surface area (Å²) in [5, 5.41) is 13.5. The molecule has 1 aromatic carbocycles. The molecule has 9 nitrogen and oxygen atoms in total. The average molecular weight is 321 g/mol. The molecule has 1 fully saturated rings. The summed E-state index contributed by atoms with van der Waals surface area (Å²) in [6.45, 7) is 2.39. The SMILES string of the molecule is CNC(=O)CN1CCN(C(=O)c2ccc(N)c([N+](=O)[O-])c2)CC1. The van der Waals surface area contributed by atoms with E-state index in [0.717, 1.165) is 0 Å². The van der Waals surface area contributed by atoms with Gasteiger partial charge in [-0.2, -0.15) is 0 Å². The first-order valence-electron chi connectivity index (χ1n) is 7.18. The van der Waals surface area contributed by atoms with Crippen molar-refractivity contribution < 1.29 is 14.5 Å². The van der Waals surface area contributed by atoms with E-state index in [1.54, 1.807) is 11.9 Å². The highest BCUT2D eigenvalue weighted by Gasteiger charge is 2.24. The molecule has 0 spiro atoms. The van der Waals surface area contributed by atoms with Crippen molar-refractivity contribution in [1.82, 2.24) is 15.1 Å². The first kappa shape index (κ1) is 16.7. The minimum Gasteiger partial charge on any atom is -0.393 e. The number of benzene rings is 1. The topological polar surface area (TPSA) is 122 Å². The van der Waals surface area contributed by atoms with Crippen LogP contribution in [-0.4, -0.2) is 66.3 Å². The summed E-state index contributed by atoms with van der Waals surface area (Å²) in [7, 11) is 1.58. The van der Waals surface area contributed by atoms with E-state index >= 15 is 0 Å². The van der Waals surface area contributed by atoms with Crippen LogP contribution in [0.1, 0.15) is 10.4 Å². The van der Waals surface area contributed by atoms with Gasteiger partial charge in [-0.25, -0.2) is 0 Å². The van der Waals surface area contributed by atoms with Crippen LogP contribution in [-0.2, 0) is 4.79 Å². The second-order valence-corrected chi connectivity index (χ2v) is 5.27. The van der Waals surface area contributed by atoms with Gasteiger partial charge in [0.2, 0.25) is 5.91 Å². The van der Waals surface area contributed by atoms with E-state index in [0.29, 0.717) is 32.7 Å². The van der Waals surface area contributed by atoms with E-state index in [-0.39, 0.29) is 28.8 Å². The third-order valence-electron chi connectivity index (χ3n) is 3.78. The van der Waals surface area contributed by atoms with Gasteiger partial charge in [0.1, 0.15) is 5.69 Å². The quantitative estimate of drug-likeness (QED) is 0.445. The van der Waals surface area contributed by atoms with Crippen LogP contribution in [0.3, 0.4) is 0 Å². The molecule has 3 N–H and O–H groups in total. The number of anilines is 1. The average Bonchev–Trinajstić information content (AvgIpc) is 2.55. The summed E-state index contributed by atoms with van der Waals surface area (Å²) >= 11 is 0. The van der Waals surface area contributed by atoms with Gasteiger partial charge in [-0.1, -0.05) is 0 Å². The van der Waals surface area contributed by atoms with E-state index in [4.69, 9.17) is 5.73 Å². The number of nitrogens with one attached hydrogen (secondary N) is 1. The molecule has 2 rings (SSSR count). The van der Waals surface area contributed by atoms with Crippen molar-refractivity contribution in [2.75, 3.05) is 45.5 Å². The Bertz CT molecular complexity index is 626. The fourth-order valence-corrected chi connectivity index (χ4v) is 2.41. The number of amides is 2. The van der Waals surface area contributed by atoms with Gasteiger partial charge in [0.05, 0.1) is 11.5 Å². The lowest BCUT2D eigenvalue weighted by Gasteiger charge is -2.34. The van der Waals surface area contributed by atoms with Gasteiger partial charge in [-0.3, -0.25) is 24.6 Å². The number of nitro groups is 1. The van der Waals surface area contributed by atoms with Crippen molar-refractivity contribution in [2.24, 2.45) is 0 Å². The smallest absolute Gasteiger partial charge is 0.292 e. The zero-order valence-corrected chi connectivity index (χ0v) is 12.8. The van der Waals surface area contributed by atoms with Crippen LogP contribution in [0, 0.1) is 10.1 Å². The number of nitrogen functional groups attached to an aromatic ring is 1. The highest BCUT2D eigenvalue weighted by atomic mass is 16.6. The normalized spacial score (nSPS) is 15.3. The molecule has 0 saturated carbocycles. The molecule has 0 radical (unpaired) electrons. The Balaban J connectivity index is 2.01. The van der Waals surface area contributed by atoms with Gasteiger partial charge in [-0.05, 0) is 12.1 Å². The first-order valence-corrected chi connectivity index (χ1v) is 7.18. The van der Waals surface area contributed by atoms with Crippen molar-refractivity contribution in [3.8, 4) is 0 Å². The lowest BCUT2D eigenvalue weighted by atomic mass is 10.1. The number of nitro benzene ring substituents is 1. The summed E-state index contributed by atoms with van der Waals surface area (Å²) in [5.41, 5.74) is 5.54. The number of hydrogen-bond donors (Lipinski definition) is 2. The maximum atomic E-state index is 12.4. The largest absolute Gasteiger partial charge is 0.393 e. The van der Waals surface area contributed by atoms with Crippen molar-refractivity contribution >= 4 is 23.2 Å². The van der Waals surface area contributed by atoms with Gasteiger partial charge < -0.3 is 16.0 Å². The lowest BCUT2D eigenvalue weighted by molar-refractivity contribution is -0.383. The molecule has 0 atom stereocenters. The van der Waals surface area contributed by atoms with Gasteiger partial charge >= 0.3 is 0 Å². The Labute approximate surface area is 133 Å². The molecular weight excluding hydrogens is 302 g/mol. The lowest BCUT2D eigenvalue weighted by Crippen LogP contribution is -2.50. The number of rotatable bonds is 4. The van der Waals surface area contributed by atoms with Gasteiger partial charge in [0.15, 0.2) is 0 Å². The molecule has 0 unspecified atom stereocenters. The van der Waals surface area contributed by atoms with Crippen molar-refractivity contribution in [3.63, 3.8) is 0 Å². The van der Waals surface area contributed by atoms with Crippen LogP contribution >= 0.6 is 0 Å². The summed E-state index contributed by atoms with van der Waals surface area (Å²) in [6.07, 6.45) is 0. The molecule has 0 aromatic heterocycles. The number of piperazine rings is 1. The molecular formula is C14H19N5O4. The molecule has 0 aliphatic carbocycles. The highest BCUT2D eigenvalue weighted by molar-refractivity contribution is 5.95. The maximum absolute atomic E-state index is 12.4. The van der Waals surface area contributed by atoms with E-state index in [1.165, 1.54) is 18.2 Å². The Morgan fingerprint density at radius 1 is 1.30 bits per heavy atom. The van der Waals surface area contributed by atoms with Crippen LogP contribution in [0.2, 0.25) is 0 Å². The zero-order chi connectivity index (χ0) is 17.0. The highest BCUT2D eigenvalue weighted by Crippen LogP contribution is 2.23. The predicted molar refractivity (Wildman–Crippen MR) is 83.9 cm³/mol. The molecule has 23 heavy (non-hydrogen) atoms. The van der Waals surface area contributed by atoms with Crippen LogP contribution in [0.5, 0.6) is 0 Å². The Morgan fingerprint density at radius 2 is 1.96 bits per heavy atom. The minimum absolute atomic E-state index is 0.0296. The molecule has 1 aliphatic heterocycles. The van der Waals surface area contributed by atoms with Crippen molar-refractivity contribution in [3.05, 3.63) is 33.9 Å². The predicted octanol–water partition coefficient (Wildman–Crippen LogP) is -0.319. The van der Waals surface area contributed by atoms with E-state index in [2.05, 4.69) is 5.32 Å².